The van der Waals surface area contributed by atoms with E-state index >= 15 is 0 Å². The second-order valence-corrected chi connectivity index (χ2v) is 5.09. The van der Waals surface area contributed by atoms with Crippen molar-refractivity contribution < 1.29 is 24.0 Å². The first-order valence-corrected chi connectivity index (χ1v) is 7.85. The molecule has 7 heteroatoms. The second kappa shape index (κ2) is 9.75. The number of nitrogens with zero attached hydrogens (tertiary/aromatic N) is 1. The first kappa shape index (κ1) is 19.7. The minimum Gasteiger partial charge on any atom is -0.464 e. The van der Waals surface area contributed by atoms with Crippen LogP contribution in [-0.4, -0.2) is 38.8 Å². The van der Waals surface area contributed by atoms with Crippen molar-refractivity contribution in [2.24, 2.45) is 5.16 Å². The molecule has 0 amide bonds. The summed E-state index contributed by atoms with van der Waals surface area (Å²) in [5, 5.41) is 3.71. The van der Waals surface area contributed by atoms with E-state index in [4.69, 9.17) is 14.4 Å². The summed E-state index contributed by atoms with van der Waals surface area (Å²) in [4.78, 5) is 34.0. The van der Waals surface area contributed by atoms with Crippen LogP contribution < -0.4 is 5.48 Å². The molecular formula is C20H18N2O5. The molecule has 0 saturated carbocycles. The molecule has 0 aliphatic heterocycles. The van der Waals surface area contributed by atoms with Gasteiger partial charge in [-0.25, -0.2) is 4.79 Å². The number of anilines is 1. The fourth-order valence-electron chi connectivity index (χ4n) is 2.25. The Labute approximate surface area is 156 Å². The number of ether oxygens (including phenoxy) is 1. The van der Waals surface area contributed by atoms with Crippen LogP contribution in [-0.2, 0) is 19.2 Å². The molecule has 2 aromatic carbocycles. The predicted octanol–water partition coefficient (Wildman–Crippen LogP) is 2.42. The number of rotatable bonds is 6. The average molecular weight is 366 g/mol. The lowest BCUT2D eigenvalue weighted by atomic mass is 10.0. The standard InChI is InChI=1S/C20H18N2O5/c1-25-20(24)19(22-27-3)15-9-5-4-8-14(15)12-13-18(23)16-10-6-7-11-17(16)21-26-2/h4-11,21H,1-3H3. The highest BCUT2D eigenvalue weighted by atomic mass is 16.6. The zero-order valence-corrected chi connectivity index (χ0v) is 15.1. The molecule has 0 radical (unpaired) electrons. The largest absolute Gasteiger partial charge is 0.464 e. The molecule has 0 atom stereocenters. The number of carbonyl (C=O) groups excluding carboxylic acids is 2. The molecule has 0 aliphatic carbocycles. The van der Waals surface area contributed by atoms with Gasteiger partial charge in [-0.3, -0.25) is 15.1 Å². The van der Waals surface area contributed by atoms with E-state index in [2.05, 4.69) is 22.5 Å². The molecule has 0 saturated heterocycles. The van der Waals surface area contributed by atoms with Gasteiger partial charge in [0.1, 0.15) is 7.11 Å². The van der Waals surface area contributed by atoms with Gasteiger partial charge in [0.25, 0.3) is 0 Å². The minimum atomic E-state index is -0.674. The normalized spacial score (nSPS) is 10.4. The number of esters is 1. The minimum absolute atomic E-state index is 0.0428. The first-order valence-electron chi connectivity index (χ1n) is 7.85. The number of methoxy groups -OCH3 is 1. The number of benzene rings is 2. The quantitative estimate of drug-likeness (QED) is 0.278. The van der Waals surface area contributed by atoms with Gasteiger partial charge in [-0.1, -0.05) is 41.4 Å². The van der Waals surface area contributed by atoms with Crippen LogP contribution in [0.5, 0.6) is 0 Å². The van der Waals surface area contributed by atoms with E-state index in [9.17, 15) is 9.59 Å². The van der Waals surface area contributed by atoms with Gasteiger partial charge in [0.15, 0.2) is 5.71 Å². The molecule has 0 spiro atoms. The maximum atomic E-state index is 12.5. The Morgan fingerprint density at radius 2 is 1.63 bits per heavy atom. The molecular weight excluding hydrogens is 348 g/mol. The lowest BCUT2D eigenvalue weighted by Crippen LogP contribution is -2.18. The van der Waals surface area contributed by atoms with E-state index in [1.807, 2.05) is 0 Å². The van der Waals surface area contributed by atoms with Gasteiger partial charge < -0.3 is 9.57 Å². The Balaban J connectivity index is 2.42. The molecule has 1 N–H and O–H groups in total. The van der Waals surface area contributed by atoms with Crippen molar-refractivity contribution in [3.8, 4) is 11.8 Å². The molecule has 0 heterocycles. The van der Waals surface area contributed by atoms with Crippen molar-refractivity contribution in [1.82, 2.24) is 0 Å². The lowest BCUT2D eigenvalue weighted by molar-refractivity contribution is -0.132. The molecule has 0 aliphatic rings. The van der Waals surface area contributed by atoms with Gasteiger partial charge in [0, 0.05) is 11.1 Å². The van der Waals surface area contributed by atoms with Crippen molar-refractivity contribution >= 4 is 23.2 Å². The Morgan fingerprint density at radius 1 is 0.963 bits per heavy atom. The Kier molecular flexibility index (Phi) is 7.11. The van der Waals surface area contributed by atoms with Gasteiger partial charge in [0.2, 0.25) is 5.78 Å². The van der Waals surface area contributed by atoms with E-state index < -0.39 is 11.8 Å². The summed E-state index contributed by atoms with van der Waals surface area (Å²) in [7, 11) is 4.01. The molecule has 27 heavy (non-hydrogen) atoms. The zero-order chi connectivity index (χ0) is 19.6. The second-order valence-electron chi connectivity index (χ2n) is 5.09. The third kappa shape index (κ3) is 4.93. The number of carbonyl (C=O) groups is 2. The fraction of sp³-hybridized carbons (Fsp3) is 0.150. The Morgan fingerprint density at radius 3 is 2.30 bits per heavy atom. The third-order valence-electron chi connectivity index (χ3n) is 3.44. The SMILES string of the molecule is CON=C(C(=O)OC)c1ccccc1C#CC(=O)c1ccccc1NOC. The van der Waals surface area contributed by atoms with Gasteiger partial charge in [0.05, 0.1) is 25.5 Å². The van der Waals surface area contributed by atoms with E-state index in [0.717, 1.165) is 0 Å². The molecule has 0 aromatic heterocycles. The van der Waals surface area contributed by atoms with Gasteiger partial charge in [-0.15, -0.1) is 0 Å². The highest BCUT2D eigenvalue weighted by Gasteiger charge is 2.18. The number of nitrogens with one attached hydrogen (secondary N) is 1. The van der Waals surface area contributed by atoms with E-state index in [0.29, 0.717) is 22.4 Å². The van der Waals surface area contributed by atoms with Crippen LogP contribution in [0.15, 0.2) is 53.7 Å². The fourth-order valence-corrected chi connectivity index (χ4v) is 2.25. The number of para-hydroxylation sites is 1. The van der Waals surface area contributed by atoms with Crippen LogP contribution in [0.3, 0.4) is 0 Å². The molecule has 2 aromatic rings. The maximum absolute atomic E-state index is 12.5. The Hall–Kier alpha value is -3.63. The predicted molar refractivity (Wildman–Crippen MR) is 100 cm³/mol. The van der Waals surface area contributed by atoms with Crippen LogP contribution in [0, 0.1) is 11.8 Å². The molecule has 0 fully saturated rings. The van der Waals surface area contributed by atoms with Crippen LogP contribution >= 0.6 is 0 Å². The van der Waals surface area contributed by atoms with E-state index in [1.165, 1.54) is 21.3 Å². The van der Waals surface area contributed by atoms with Crippen LogP contribution in [0.4, 0.5) is 5.69 Å². The van der Waals surface area contributed by atoms with Crippen LogP contribution in [0.1, 0.15) is 21.5 Å². The number of hydrogen-bond acceptors (Lipinski definition) is 7. The molecule has 0 unspecified atom stereocenters. The topological polar surface area (TPSA) is 86.2 Å². The lowest BCUT2D eigenvalue weighted by Gasteiger charge is -2.07. The summed E-state index contributed by atoms with van der Waals surface area (Å²) in [5.74, 6) is 4.28. The van der Waals surface area contributed by atoms with Crippen LogP contribution in [0.2, 0.25) is 0 Å². The van der Waals surface area contributed by atoms with Crippen LogP contribution in [0.25, 0.3) is 0 Å². The number of oxime groups is 1. The van der Waals surface area contributed by atoms with Gasteiger partial charge in [-0.05, 0) is 24.1 Å². The van der Waals surface area contributed by atoms with Gasteiger partial charge in [-0.2, -0.15) is 0 Å². The summed E-state index contributed by atoms with van der Waals surface area (Å²) in [6.45, 7) is 0. The summed E-state index contributed by atoms with van der Waals surface area (Å²) in [6, 6.07) is 13.6. The van der Waals surface area contributed by atoms with Gasteiger partial charge >= 0.3 is 5.97 Å². The van der Waals surface area contributed by atoms with E-state index in [1.54, 1.807) is 48.5 Å². The molecule has 138 valence electrons. The number of ketones is 1. The highest BCUT2D eigenvalue weighted by molar-refractivity contribution is 6.43. The summed E-state index contributed by atoms with van der Waals surface area (Å²) >= 11 is 0. The van der Waals surface area contributed by atoms with Crippen molar-refractivity contribution in [1.29, 1.82) is 0 Å². The Bertz CT molecular complexity index is 925. The zero-order valence-electron chi connectivity index (χ0n) is 15.1. The number of Topliss-reactive ketones (excluding diaryl/α,β-unsaturated/α-hetero) is 1. The maximum Gasteiger partial charge on any atom is 0.360 e. The third-order valence-corrected chi connectivity index (χ3v) is 3.44. The molecule has 2 rings (SSSR count). The monoisotopic (exact) mass is 366 g/mol. The average Bonchev–Trinajstić information content (AvgIpc) is 2.70. The summed E-state index contributed by atoms with van der Waals surface area (Å²) in [6.07, 6.45) is 0. The summed E-state index contributed by atoms with van der Waals surface area (Å²) in [5.41, 5.74) is 4.30. The number of hydrogen-bond donors (Lipinski definition) is 1. The molecule has 7 nitrogen and oxygen atoms in total. The first-order chi connectivity index (χ1) is 13.1. The molecule has 0 bridgehead atoms. The smallest absolute Gasteiger partial charge is 0.360 e. The van der Waals surface area contributed by atoms with Crippen molar-refractivity contribution in [2.45, 2.75) is 0 Å². The van der Waals surface area contributed by atoms with Crippen molar-refractivity contribution in [2.75, 3.05) is 26.8 Å². The highest BCUT2D eigenvalue weighted by Crippen LogP contribution is 2.16. The summed E-state index contributed by atoms with van der Waals surface area (Å²) < 4.78 is 4.72. The van der Waals surface area contributed by atoms with Crippen molar-refractivity contribution in [3.63, 3.8) is 0 Å². The van der Waals surface area contributed by atoms with E-state index in [-0.39, 0.29) is 5.71 Å². The van der Waals surface area contributed by atoms with Crippen molar-refractivity contribution in [3.05, 3.63) is 65.2 Å².